The van der Waals surface area contributed by atoms with Crippen LogP contribution in [0.3, 0.4) is 0 Å². The van der Waals surface area contributed by atoms with Gasteiger partial charge >= 0.3 is 0 Å². The van der Waals surface area contributed by atoms with Gasteiger partial charge in [-0.2, -0.15) is 0 Å². The summed E-state index contributed by atoms with van der Waals surface area (Å²) >= 11 is 0. The van der Waals surface area contributed by atoms with Gasteiger partial charge in [-0.1, -0.05) is 6.08 Å². The first-order valence-electron chi connectivity index (χ1n) is 12.6. The molecule has 0 atom stereocenters. The summed E-state index contributed by atoms with van der Waals surface area (Å²) in [5.74, 6) is -2.41. The van der Waals surface area contributed by atoms with Gasteiger partial charge in [-0.15, -0.1) is 0 Å². The number of benzene rings is 2. The number of H-pyrrole nitrogens is 1. The van der Waals surface area contributed by atoms with Crippen LogP contribution in [0.1, 0.15) is 24.2 Å². The Balaban J connectivity index is 1.42. The molecule has 2 aromatic heterocycles. The normalized spacial score (nSPS) is 11.2. The molecule has 9 nitrogen and oxygen atoms in total. The molecule has 2 heterocycles. The van der Waals surface area contributed by atoms with Crippen LogP contribution in [-0.4, -0.2) is 45.3 Å². The number of carbonyl (C=O) groups excluding carboxylic acids is 2. The summed E-state index contributed by atoms with van der Waals surface area (Å²) in [6.45, 7) is -0.305. The Labute approximate surface area is 233 Å². The standard InChI is InChI=1S/C29H27F3N5O4/c1-36(2)27(39)9-5-3-4-8-26(38)34-22-7-6-12-37(29(22)40)16-25-33-23-14-20(31)15-24(28(23)35-25)41-17-18-10-11-19(30)13-21(18)32/h5-15H,3-4,16-17H2,1-2H3,(H,33,35)(H,34,38)/b9-5+. The lowest BCUT2D eigenvalue weighted by Crippen LogP contribution is -2.26. The van der Waals surface area contributed by atoms with Crippen molar-refractivity contribution in [3.63, 3.8) is 0 Å². The third-order valence-corrected chi connectivity index (χ3v) is 5.93. The second kappa shape index (κ2) is 13.0. The third-order valence-electron chi connectivity index (χ3n) is 5.93. The number of pyridine rings is 1. The lowest BCUT2D eigenvalue weighted by molar-refractivity contribution is -0.123. The van der Waals surface area contributed by atoms with E-state index in [-0.39, 0.29) is 41.6 Å². The van der Waals surface area contributed by atoms with Gasteiger partial charge in [0.15, 0.2) is 0 Å². The number of likely N-dealkylation sites (N-methyl/N-ethyl adjacent to an activating group) is 1. The maximum atomic E-state index is 14.3. The van der Waals surface area contributed by atoms with E-state index in [0.717, 1.165) is 18.2 Å². The van der Waals surface area contributed by atoms with Crippen molar-refractivity contribution in [1.82, 2.24) is 19.4 Å². The van der Waals surface area contributed by atoms with E-state index in [4.69, 9.17) is 4.74 Å². The van der Waals surface area contributed by atoms with Crippen LogP contribution >= 0.6 is 0 Å². The van der Waals surface area contributed by atoms with Crippen LogP contribution in [0.15, 0.2) is 65.6 Å². The molecule has 1 radical (unpaired) electrons. The number of nitrogens with one attached hydrogen (secondary N) is 2. The number of imidazole rings is 1. The number of hydrogen-bond donors (Lipinski definition) is 2. The van der Waals surface area contributed by atoms with E-state index in [1.54, 1.807) is 26.2 Å². The number of halogens is 3. The van der Waals surface area contributed by atoms with Gasteiger partial charge in [0.2, 0.25) is 11.8 Å². The predicted molar refractivity (Wildman–Crippen MR) is 147 cm³/mol. The molecule has 0 fully saturated rings. The van der Waals surface area contributed by atoms with Crippen molar-refractivity contribution in [3.05, 3.63) is 106 Å². The monoisotopic (exact) mass is 566 g/mol. The molecule has 0 aliphatic heterocycles. The summed E-state index contributed by atoms with van der Waals surface area (Å²) in [5, 5.41) is 2.56. The van der Waals surface area contributed by atoms with Gasteiger partial charge in [0.05, 0.1) is 18.5 Å². The molecule has 4 aromatic rings. The van der Waals surface area contributed by atoms with Gasteiger partial charge in [-0.25, -0.2) is 18.2 Å². The zero-order valence-electron chi connectivity index (χ0n) is 22.3. The summed E-state index contributed by atoms with van der Waals surface area (Å²) in [6, 6.07) is 8.41. The molecule has 2 amide bonds. The van der Waals surface area contributed by atoms with Crippen molar-refractivity contribution in [2.24, 2.45) is 0 Å². The van der Waals surface area contributed by atoms with Crippen molar-refractivity contribution in [3.8, 4) is 5.75 Å². The number of amides is 2. The lowest BCUT2D eigenvalue weighted by Gasteiger charge is -2.09. The number of nitrogens with zero attached hydrogens (tertiary/aromatic N) is 3. The fourth-order valence-corrected chi connectivity index (χ4v) is 3.83. The molecule has 41 heavy (non-hydrogen) atoms. The number of aromatic nitrogens is 3. The van der Waals surface area contributed by atoms with E-state index >= 15 is 0 Å². The largest absolute Gasteiger partial charge is 0.486 e. The Hall–Kier alpha value is -4.87. The molecule has 0 saturated heterocycles. The van der Waals surface area contributed by atoms with Gasteiger partial charge in [-0.05, 0) is 43.2 Å². The third kappa shape index (κ3) is 7.62. The molecule has 0 bridgehead atoms. The van der Waals surface area contributed by atoms with Crippen molar-refractivity contribution >= 4 is 28.5 Å². The molecule has 2 aromatic carbocycles. The van der Waals surface area contributed by atoms with Crippen molar-refractivity contribution in [2.75, 3.05) is 19.4 Å². The van der Waals surface area contributed by atoms with E-state index < -0.39 is 28.9 Å². The molecule has 0 unspecified atom stereocenters. The van der Waals surface area contributed by atoms with Gasteiger partial charge in [0.25, 0.3) is 5.56 Å². The maximum Gasteiger partial charge on any atom is 0.274 e. The minimum atomic E-state index is -0.791. The van der Waals surface area contributed by atoms with Crippen molar-refractivity contribution < 1.29 is 27.5 Å². The van der Waals surface area contributed by atoms with Gasteiger partial charge < -0.3 is 24.5 Å². The fourth-order valence-electron chi connectivity index (χ4n) is 3.83. The quantitative estimate of drug-likeness (QED) is 0.208. The maximum absolute atomic E-state index is 14.3. The van der Waals surface area contributed by atoms with Crippen LogP contribution in [0.4, 0.5) is 18.9 Å². The number of fused-ring (bicyclic) bond motifs is 1. The second-order valence-electron chi connectivity index (χ2n) is 9.27. The highest BCUT2D eigenvalue weighted by Gasteiger charge is 2.14. The number of anilines is 1. The Morgan fingerprint density at radius 1 is 1.10 bits per heavy atom. The Kier molecular flexibility index (Phi) is 9.23. The van der Waals surface area contributed by atoms with Crippen LogP contribution in [-0.2, 0) is 22.7 Å². The van der Waals surface area contributed by atoms with Crippen molar-refractivity contribution in [1.29, 1.82) is 0 Å². The summed E-state index contributed by atoms with van der Waals surface area (Å²) in [7, 11) is 3.28. The molecule has 4 rings (SSSR count). The smallest absolute Gasteiger partial charge is 0.274 e. The Morgan fingerprint density at radius 2 is 1.90 bits per heavy atom. The summed E-state index contributed by atoms with van der Waals surface area (Å²) in [6.07, 6.45) is 6.83. The first-order valence-corrected chi connectivity index (χ1v) is 12.6. The zero-order valence-corrected chi connectivity index (χ0v) is 22.3. The first-order chi connectivity index (χ1) is 19.6. The topological polar surface area (TPSA) is 109 Å². The number of aromatic amines is 1. The Bertz CT molecular complexity index is 1660. The molecule has 12 heteroatoms. The average Bonchev–Trinajstić information content (AvgIpc) is 3.32. The van der Waals surface area contributed by atoms with Crippen LogP contribution < -0.4 is 15.6 Å². The zero-order chi connectivity index (χ0) is 29.5. The molecule has 0 aliphatic rings. The molecule has 213 valence electrons. The van der Waals surface area contributed by atoms with E-state index in [2.05, 4.69) is 15.3 Å². The number of allylic oxidation sites excluding steroid dienone is 1. The highest BCUT2D eigenvalue weighted by molar-refractivity contribution is 5.96. The molecule has 0 spiro atoms. The number of unbranched alkanes of at least 4 members (excludes halogenated alkanes) is 1. The number of hydrogen-bond acceptors (Lipinski definition) is 5. The average molecular weight is 567 g/mol. The minimum absolute atomic E-state index is 0.0285. The Morgan fingerprint density at radius 3 is 2.66 bits per heavy atom. The van der Waals surface area contributed by atoms with E-state index in [1.165, 1.54) is 46.4 Å². The van der Waals surface area contributed by atoms with Gasteiger partial charge in [0, 0.05) is 44.1 Å². The van der Waals surface area contributed by atoms with Crippen molar-refractivity contribution in [2.45, 2.75) is 26.0 Å². The van der Waals surface area contributed by atoms with Crippen LogP contribution in [0, 0.1) is 23.9 Å². The highest BCUT2D eigenvalue weighted by Crippen LogP contribution is 2.27. The van der Waals surface area contributed by atoms with Crippen LogP contribution in [0.25, 0.3) is 11.0 Å². The second-order valence-corrected chi connectivity index (χ2v) is 9.27. The first kappa shape index (κ1) is 29.1. The lowest BCUT2D eigenvalue weighted by atomic mass is 10.2. The predicted octanol–water partition coefficient (Wildman–Crippen LogP) is 4.34. The van der Waals surface area contributed by atoms with E-state index in [0.29, 0.717) is 24.2 Å². The molecule has 2 N–H and O–H groups in total. The van der Waals surface area contributed by atoms with E-state index in [9.17, 15) is 27.6 Å². The van der Waals surface area contributed by atoms with E-state index in [1.807, 2.05) is 0 Å². The molecular weight excluding hydrogens is 539 g/mol. The summed E-state index contributed by atoms with van der Waals surface area (Å²) < 4.78 is 48.4. The highest BCUT2D eigenvalue weighted by atomic mass is 19.1. The van der Waals surface area contributed by atoms with Crippen LogP contribution in [0.2, 0.25) is 0 Å². The minimum Gasteiger partial charge on any atom is -0.486 e. The molecule has 0 aliphatic carbocycles. The van der Waals surface area contributed by atoms with Gasteiger partial charge in [-0.3, -0.25) is 14.4 Å². The summed E-state index contributed by atoms with van der Waals surface area (Å²) in [5.41, 5.74) is 0.211. The SMILES string of the molecule is CN(C)C(=O)/C=C/CC[CH]C(=O)Nc1cccn(Cc2nc3cc(F)cc(OCc4ccc(F)cc4F)c3[nH]2)c1=O. The number of carbonyl (C=O) groups is 2. The molecular formula is C29H27F3N5O4. The van der Waals surface area contributed by atoms with Gasteiger partial charge in [0.1, 0.15) is 46.8 Å². The summed E-state index contributed by atoms with van der Waals surface area (Å²) in [4.78, 5) is 45.6. The fraction of sp³-hybridized carbons (Fsp3) is 0.207. The van der Waals surface area contributed by atoms with Crippen LogP contribution in [0.5, 0.6) is 5.75 Å². The number of rotatable bonds is 11. The molecule has 0 saturated carbocycles. The number of ether oxygens (including phenoxy) is 1.